The third-order valence-corrected chi connectivity index (χ3v) is 2.85. The first kappa shape index (κ1) is 10.7. The maximum absolute atomic E-state index is 11.5. The van der Waals surface area contributed by atoms with E-state index < -0.39 is 5.97 Å². The highest BCUT2D eigenvalue weighted by molar-refractivity contribution is 5.96. The molecule has 0 atom stereocenters. The van der Waals surface area contributed by atoms with E-state index >= 15 is 0 Å². The number of fused-ring (bicyclic) bond motifs is 1. The summed E-state index contributed by atoms with van der Waals surface area (Å²) in [4.78, 5) is 23.7. The summed E-state index contributed by atoms with van der Waals surface area (Å²) in [5.41, 5.74) is 2.68. The molecule has 0 saturated carbocycles. The van der Waals surface area contributed by atoms with Crippen LogP contribution in [0.4, 0.5) is 5.69 Å². The predicted octanol–water partition coefficient (Wildman–Crippen LogP) is 1.22. The van der Waals surface area contributed by atoms with Gasteiger partial charge < -0.3 is 10.0 Å². The van der Waals surface area contributed by atoms with Crippen LogP contribution in [0.3, 0.4) is 0 Å². The number of carboxylic acid groups (broad SMARTS) is 1. The van der Waals surface area contributed by atoms with Gasteiger partial charge in [-0.05, 0) is 23.6 Å². The standard InChI is InChI=1S/C12H13NO3/c1-13-10-6-8(7-12(15)16)2-3-9(10)4-5-11(13)14/h2-3,6H,4-5,7H2,1H3,(H,15,16). The topological polar surface area (TPSA) is 57.6 Å². The van der Waals surface area contributed by atoms with Crippen molar-refractivity contribution in [1.82, 2.24) is 0 Å². The second kappa shape index (κ2) is 3.96. The number of hydrogen-bond donors (Lipinski definition) is 1. The van der Waals surface area contributed by atoms with Gasteiger partial charge >= 0.3 is 5.97 Å². The van der Waals surface area contributed by atoms with Crippen LogP contribution in [0.1, 0.15) is 17.5 Å². The molecule has 0 radical (unpaired) electrons. The molecule has 0 aliphatic carbocycles. The summed E-state index contributed by atoms with van der Waals surface area (Å²) in [5.74, 6) is -0.773. The molecule has 1 aliphatic rings. The lowest BCUT2D eigenvalue weighted by molar-refractivity contribution is -0.136. The number of aliphatic carboxylic acids is 1. The van der Waals surface area contributed by atoms with Gasteiger partial charge in [0, 0.05) is 19.2 Å². The van der Waals surface area contributed by atoms with Gasteiger partial charge in [0.15, 0.2) is 0 Å². The quantitative estimate of drug-likeness (QED) is 0.813. The van der Waals surface area contributed by atoms with Crippen molar-refractivity contribution in [3.8, 4) is 0 Å². The van der Waals surface area contributed by atoms with Crippen LogP contribution in [0.5, 0.6) is 0 Å². The number of benzene rings is 1. The van der Waals surface area contributed by atoms with Gasteiger partial charge in [-0.2, -0.15) is 0 Å². The third-order valence-electron chi connectivity index (χ3n) is 2.85. The Morgan fingerprint density at radius 1 is 1.44 bits per heavy atom. The number of anilines is 1. The van der Waals surface area contributed by atoms with Crippen molar-refractivity contribution >= 4 is 17.6 Å². The summed E-state index contributed by atoms with van der Waals surface area (Å²) < 4.78 is 0. The van der Waals surface area contributed by atoms with E-state index in [1.165, 1.54) is 0 Å². The fourth-order valence-corrected chi connectivity index (χ4v) is 1.96. The van der Waals surface area contributed by atoms with Crippen molar-refractivity contribution in [1.29, 1.82) is 0 Å². The highest BCUT2D eigenvalue weighted by atomic mass is 16.4. The minimum atomic E-state index is -0.857. The SMILES string of the molecule is CN1C(=O)CCc2ccc(CC(=O)O)cc21. The number of carboxylic acids is 1. The monoisotopic (exact) mass is 219 g/mol. The lowest BCUT2D eigenvalue weighted by atomic mass is 9.98. The van der Waals surface area contributed by atoms with Gasteiger partial charge in [-0.1, -0.05) is 12.1 Å². The molecule has 0 bridgehead atoms. The Balaban J connectivity index is 2.36. The maximum atomic E-state index is 11.5. The van der Waals surface area contributed by atoms with E-state index in [0.717, 1.165) is 23.2 Å². The molecule has 1 amide bonds. The second-order valence-corrected chi connectivity index (χ2v) is 3.99. The molecular formula is C12H13NO3. The molecule has 4 heteroatoms. The molecule has 1 aromatic rings. The Bertz CT molecular complexity index is 454. The van der Waals surface area contributed by atoms with Crippen LogP contribution in [0.15, 0.2) is 18.2 Å². The maximum Gasteiger partial charge on any atom is 0.307 e. The largest absolute Gasteiger partial charge is 0.481 e. The van der Waals surface area contributed by atoms with E-state index in [2.05, 4.69) is 0 Å². The smallest absolute Gasteiger partial charge is 0.307 e. The Morgan fingerprint density at radius 2 is 2.19 bits per heavy atom. The Hall–Kier alpha value is -1.84. The van der Waals surface area contributed by atoms with Crippen molar-refractivity contribution < 1.29 is 14.7 Å². The van der Waals surface area contributed by atoms with E-state index in [-0.39, 0.29) is 12.3 Å². The average molecular weight is 219 g/mol. The summed E-state index contributed by atoms with van der Waals surface area (Å²) in [7, 11) is 1.73. The Morgan fingerprint density at radius 3 is 2.88 bits per heavy atom. The van der Waals surface area contributed by atoms with Gasteiger partial charge in [0.05, 0.1) is 6.42 Å². The van der Waals surface area contributed by atoms with Gasteiger partial charge in [-0.25, -0.2) is 0 Å². The molecule has 0 spiro atoms. The van der Waals surface area contributed by atoms with Gasteiger partial charge in [0.25, 0.3) is 0 Å². The number of nitrogens with zero attached hydrogens (tertiary/aromatic N) is 1. The van der Waals surface area contributed by atoms with Crippen LogP contribution in [0.25, 0.3) is 0 Å². The van der Waals surface area contributed by atoms with E-state index in [4.69, 9.17) is 5.11 Å². The summed E-state index contributed by atoms with van der Waals surface area (Å²) in [6.07, 6.45) is 1.27. The van der Waals surface area contributed by atoms with Crippen molar-refractivity contribution in [3.63, 3.8) is 0 Å². The van der Waals surface area contributed by atoms with E-state index in [1.807, 2.05) is 12.1 Å². The number of hydrogen-bond acceptors (Lipinski definition) is 2. The fourth-order valence-electron chi connectivity index (χ4n) is 1.96. The first-order valence-corrected chi connectivity index (χ1v) is 5.18. The molecule has 1 aliphatic heterocycles. The molecular weight excluding hydrogens is 206 g/mol. The van der Waals surface area contributed by atoms with Gasteiger partial charge in [-0.3, -0.25) is 9.59 Å². The zero-order chi connectivity index (χ0) is 11.7. The van der Waals surface area contributed by atoms with Crippen molar-refractivity contribution in [2.75, 3.05) is 11.9 Å². The Labute approximate surface area is 93.5 Å². The molecule has 16 heavy (non-hydrogen) atoms. The molecule has 84 valence electrons. The van der Waals surface area contributed by atoms with Crippen LogP contribution in [0.2, 0.25) is 0 Å². The average Bonchev–Trinajstić information content (AvgIpc) is 2.23. The van der Waals surface area contributed by atoms with Gasteiger partial charge in [0.1, 0.15) is 0 Å². The first-order chi connectivity index (χ1) is 7.58. The van der Waals surface area contributed by atoms with Crippen LogP contribution in [0, 0.1) is 0 Å². The normalized spacial score (nSPS) is 14.8. The van der Waals surface area contributed by atoms with Gasteiger partial charge in [-0.15, -0.1) is 0 Å². The Kier molecular flexibility index (Phi) is 2.64. The molecule has 0 aromatic heterocycles. The lowest BCUT2D eigenvalue weighted by Crippen LogP contribution is -2.31. The highest BCUT2D eigenvalue weighted by Crippen LogP contribution is 2.27. The number of aryl methyl sites for hydroxylation is 1. The second-order valence-electron chi connectivity index (χ2n) is 3.99. The van der Waals surface area contributed by atoms with E-state index in [9.17, 15) is 9.59 Å². The van der Waals surface area contributed by atoms with Crippen molar-refractivity contribution in [2.24, 2.45) is 0 Å². The fraction of sp³-hybridized carbons (Fsp3) is 0.333. The number of amides is 1. The zero-order valence-corrected chi connectivity index (χ0v) is 9.06. The molecule has 0 unspecified atom stereocenters. The van der Waals surface area contributed by atoms with Crippen LogP contribution < -0.4 is 4.90 Å². The number of carbonyl (C=O) groups excluding carboxylic acids is 1. The van der Waals surface area contributed by atoms with Crippen LogP contribution >= 0.6 is 0 Å². The molecule has 2 rings (SSSR count). The highest BCUT2D eigenvalue weighted by Gasteiger charge is 2.20. The molecule has 1 aromatic carbocycles. The molecule has 0 fully saturated rings. The summed E-state index contributed by atoms with van der Waals surface area (Å²) in [5, 5.41) is 8.71. The molecule has 0 saturated heterocycles. The lowest BCUT2D eigenvalue weighted by Gasteiger charge is -2.26. The minimum absolute atomic E-state index is 0.00465. The summed E-state index contributed by atoms with van der Waals surface area (Å²) in [6.45, 7) is 0. The molecule has 1 N–H and O–H groups in total. The number of rotatable bonds is 2. The molecule has 1 heterocycles. The van der Waals surface area contributed by atoms with Crippen molar-refractivity contribution in [3.05, 3.63) is 29.3 Å². The van der Waals surface area contributed by atoms with E-state index in [1.54, 1.807) is 18.0 Å². The number of carbonyl (C=O) groups is 2. The summed E-state index contributed by atoms with van der Waals surface area (Å²) >= 11 is 0. The van der Waals surface area contributed by atoms with Crippen molar-refractivity contribution in [2.45, 2.75) is 19.3 Å². The minimum Gasteiger partial charge on any atom is -0.481 e. The van der Waals surface area contributed by atoms with Crippen LogP contribution in [-0.2, 0) is 22.4 Å². The molecule has 4 nitrogen and oxygen atoms in total. The van der Waals surface area contributed by atoms with Gasteiger partial charge in [0.2, 0.25) is 5.91 Å². The zero-order valence-electron chi connectivity index (χ0n) is 9.06. The predicted molar refractivity (Wildman–Crippen MR) is 59.5 cm³/mol. The first-order valence-electron chi connectivity index (χ1n) is 5.18. The van der Waals surface area contributed by atoms with Crippen LogP contribution in [-0.4, -0.2) is 24.0 Å². The summed E-state index contributed by atoms with van der Waals surface area (Å²) in [6, 6.07) is 5.52. The third kappa shape index (κ3) is 1.91. The van der Waals surface area contributed by atoms with E-state index in [0.29, 0.717) is 6.42 Å².